The van der Waals surface area contributed by atoms with Crippen LogP contribution in [0.2, 0.25) is 0 Å². The predicted octanol–water partition coefficient (Wildman–Crippen LogP) is 2.99. The molecule has 0 saturated carbocycles. The van der Waals surface area contributed by atoms with Crippen molar-refractivity contribution < 1.29 is 9.90 Å². The first-order valence-corrected chi connectivity index (χ1v) is 5.50. The SMILES string of the molecule is CC(Cc1ccc(Br)cc1)N(C)C(=O)O. The topological polar surface area (TPSA) is 40.5 Å². The first-order valence-electron chi connectivity index (χ1n) is 4.71. The molecule has 0 saturated heterocycles. The van der Waals surface area contributed by atoms with Gasteiger partial charge in [0.05, 0.1) is 0 Å². The molecule has 1 aromatic carbocycles. The minimum absolute atomic E-state index is 0.0105. The van der Waals surface area contributed by atoms with Gasteiger partial charge in [-0.1, -0.05) is 28.1 Å². The van der Waals surface area contributed by atoms with Gasteiger partial charge in [0.15, 0.2) is 0 Å². The van der Waals surface area contributed by atoms with Gasteiger partial charge in [-0.25, -0.2) is 4.79 Å². The Bertz CT molecular complexity index is 337. The van der Waals surface area contributed by atoms with E-state index in [0.29, 0.717) is 0 Å². The molecule has 1 rings (SSSR count). The fourth-order valence-corrected chi connectivity index (χ4v) is 1.55. The van der Waals surface area contributed by atoms with E-state index in [1.165, 1.54) is 4.90 Å². The van der Waals surface area contributed by atoms with E-state index in [4.69, 9.17) is 5.11 Å². The number of amides is 1. The number of carboxylic acid groups (broad SMARTS) is 1. The van der Waals surface area contributed by atoms with Crippen LogP contribution in [0.1, 0.15) is 12.5 Å². The van der Waals surface area contributed by atoms with Gasteiger partial charge in [-0.2, -0.15) is 0 Å². The third-order valence-electron chi connectivity index (χ3n) is 2.41. The van der Waals surface area contributed by atoms with Gasteiger partial charge in [0.1, 0.15) is 0 Å². The maximum atomic E-state index is 10.7. The fraction of sp³-hybridized carbons (Fsp3) is 0.364. The third kappa shape index (κ3) is 3.55. The predicted molar refractivity (Wildman–Crippen MR) is 63.1 cm³/mol. The van der Waals surface area contributed by atoms with E-state index in [0.717, 1.165) is 16.5 Å². The molecule has 15 heavy (non-hydrogen) atoms. The molecule has 1 aromatic rings. The Balaban J connectivity index is 2.62. The minimum atomic E-state index is -0.889. The van der Waals surface area contributed by atoms with E-state index in [2.05, 4.69) is 15.9 Å². The number of carbonyl (C=O) groups is 1. The van der Waals surface area contributed by atoms with Crippen LogP contribution in [0.3, 0.4) is 0 Å². The van der Waals surface area contributed by atoms with Gasteiger partial charge in [-0.3, -0.25) is 0 Å². The number of hydrogen-bond acceptors (Lipinski definition) is 1. The molecule has 0 fully saturated rings. The van der Waals surface area contributed by atoms with Crippen molar-refractivity contribution in [2.45, 2.75) is 19.4 Å². The highest BCUT2D eigenvalue weighted by Crippen LogP contribution is 2.13. The van der Waals surface area contributed by atoms with Crippen molar-refractivity contribution in [3.05, 3.63) is 34.3 Å². The molecule has 3 nitrogen and oxygen atoms in total. The summed E-state index contributed by atoms with van der Waals surface area (Å²) in [5.41, 5.74) is 1.14. The van der Waals surface area contributed by atoms with Crippen LogP contribution in [0.15, 0.2) is 28.7 Å². The second-order valence-electron chi connectivity index (χ2n) is 3.57. The molecule has 0 spiro atoms. The van der Waals surface area contributed by atoms with E-state index in [-0.39, 0.29) is 6.04 Å². The van der Waals surface area contributed by atoms with E-state index in [1.54, 1.807) is 7.05 Å². The van der Waals surface area contributed by atoms with Crippen molar-refractivity contribution in [2.75, 3.05) is 7.05 Å². The van der Waals surface area contributed by atoms with E-state index >= 15 is 0 Å². The summed E-state index contributed by atoms with van der Waals surface area (Å²) in [7, 11) is 1.59. The van der Waals surface area contributed by atoms with Crippen LogP contribution in [-0.4, -0.2) is 29.2 Å². The first-order chi connectivity index (χ1) is 7.00. The summed E-state index contributed by atoms with van der Waals surface area (Å²) < 4.78 is 1.03. The summed E-state index contributed by atoms with van der Waals surface area (Å²) >= 11 is 3.36. The second-order valence-corrected chi connectivity index (χ2v) is 4.49. The second kappa shape index (κ2) is 5.16. The Kier molecular flexibility index (Phi) is 4.15. The van der Waals surface area contributed by atoms with Crippen LogP contribution in [-0.2, 0) is 6.42 Å². The Morgan fingerprint density at radius 2 is 2.00 bits per heavy atom. The quantitative estimate of drug-likeness (QED) is 0.918. The Labute approximate surface area is 97.8 Å². The molecule has 1 amide bonds. The number of halogens is 1. The standard InChI is InChI=1S/C11H14BrNO2/c1-8(13(2)11(14)15)7-9-3-5-10(12)6-4-9/h3-6,8H,7H2,1-2H3,(H,14,15). The number of rotatable bonds is 3. The van der Waals surface area contributed by atoms with Gasteiger partial charge in [-0.15, -0.1) is 0 Å². The zero-order valence-corrected chi connectivity index (χ0v) is 10.4. The molecule has 0 bridgehead atoms. The molecule has 0 aromatic heterocycles. The molecule has 82 valence electrons. The molecule has 1 unspecified atom stereocenters. The van der Waals surface area contributed by atoms with Crippen molar-refractivity contribution in [3.63, 3.8) is 0 Å². The zero-order chi connectivity index (χ0) is 11.4. The molecule has 1 N–H and O–H groups in total. The van der Waals surface area contributed by atoms with Gasteiger partial charge >= 0.3 is 6.09 Å². The average Bonchev–Trinajstić information content (AvgIpc) is 2.20. The minimum Gasteiger partial charge on any atom is -0.465 e. The Morgan fingerprint density at radius 3 is 2.47 bits per heavy atom. The lowest BCUT2D eigenvalue weighted by molar-refractivity contribution is 0.141. The Morgan fingerprint density at radius 1 is 1.47 bits per heavy atom. The maximum Gasteiger partial charge on any atom is 0.407 e. The monoisotopic (exact) mass is 271 g/mol. The number of likely N-dealkylation sites (N-methyl/N-ethyl adjacent to an activating group) is 1. The highest BCUT2D eigenvalue weighted by molar-refractivity contribution is 9.10. The summed E-state index contributed by atoms with van der Waals surface area (Å²) in [6.07, 6.45) is -0.157. The molecule has 0 aliphatic heterocycles. The fourth-order valence-electron chi connectivity index (χ4n) is 1.29. The number of hydrogen-bond donors (Lipinski definition) is 1. The van der Waals surface area contributed by atoms with E-state index in [9.17, 15) is 4.79 Å². The largest absolute Gasteiger partial charge is 0.465 e. The molecule has 0 radical (unpaired) electrons. The van der Waals surface area contributed by atoms with E-state index < -0.39 is 6.09 Å². The summed E-state index contributed by atoms with van der Waals surface area (Å²) in [6.45, 7) is 1.90. The molecular weight excluding hydrogens is 258 g/mol. The average molecular weight is 272 g/mol. The first kappa shape index (κ1) is 12.0. The highest BCUT2D eigenvalue weighted by atomic mass is 79.9. The van der Waals surface area contributed by atoms with Crippen molar-refractivity contribution in [3.8, 4) is 0 Å². The van der Waals surface area contributed by atoms with Crippen LogP contribution in [0.4, 0.5) is 4.79 Å². The maximum absolute atomic E-state index is 10.7. The summed E-state index contributed by atoms with van der Waals surface area (Å²) in [5.74, 6) is 0. The van der Waals surface area contributed by atoms with Crippen molar-refractivity contribution >= 4 is 22.0 Å². The lowest BCUT2D eigenvalue weighted by atomic mass is 10.1. The zero-order valence-electron chi connectivity index (χ0n) is 8.77. The van der Waals surface area contributed by atoms with Crippen molar-refractivity contribution in [2.24, 2.45) is 0 Å². The van der Waals surface area contributed by atoms with Crippen molar-refractivity contribution in [1.29, 1.82) is 0 Å². The van der Waals surface area contributed by atoms with Gasteiger partial charge in [0.25, 0.3) is 0 Å². The van der Waals surface area contributed by atoms with Crippen LogP contribution >= 0.6 is 15.9 Å². The molecule has 4 heteroatoms. The molecule has 0 aliphatic rings. The molecular formula is C11H14BrNO2. The highest BCUT2D eigenvalue weighted by Gasteiger charge is 2.14. The normalized spacial score (nSPS) is 12.2. The lowest BCUT2D eigenvalue weighted by Crippen LogP contribution is -2.35. The molecule has 0 aliphatic carbocycles. The summed E-state index contributed by atoms with van der Waals surface area (Å²) in [6, 6.07) is 7.90. The Hall–Kier alpha value is -1.03. The van der Waals surface area contributed by atoms with Gasteiger partial charge in [-0.05, 0) is 31.0 Å². The third-order valence-corrected chi connectivity index (χ3v) is 2.94. The van der Waals surface area contributed by atoms with Crippen LogP contribution in [0, 0.1) is 0 Å². The van der Waals surface area contributed by atoms with E-state index in [1.807, 2.05) is 31.2 Å². The van der Waals surface area contributed by atoms with Gasteiger partial charge in [0.2, 0.25) is 0 Å². The van der Waals surface area contributed by atoms with Crippen molar-refractivity contribution in [1.82, 2.24) is 4.90 Å². The summed E-state index contributed by atoms with van der Waals surface area (Å²) in [4.78, 5) is 12.0. The number of nitrogens with zero attached hydrogens (tertiary/aromatic N) is 1. The van der Waals surface area contributed by atoms with Crippen LogP contribution < -0.4 is 0 Å². The smallest absolute Gasteiger partial charge is 0.407 e. The van der Waals surface area contributed by atoms with Crippen LogP contribution in [0.5, 0.6) is 0 Å². The van der Waals surface area contributed by atoms with Crippen LogP contribution in [0.25, 0.3) is 0 Å². The molecule has 1 atom stereocenters. The molecule has 0 heterocycles. The lowest BCUT2D eigenvalue weighted by Gasteiger charge is -2.21. The summed E-state index contributed by atoms with van der Waals surface area (Å²) in [5, 5.41) is 8.79. The van der Waals surface area contributed by atoms with Gasteiger partial charge in [0, 0.05) is 17.6 Å². The number of benzene rings is 1. The van der Waals surface area contributed by atoms with Gasteiger partial charge < -0.3 is 10.0 Å².